The van der Waals surface area contributed by atoms with Gasteiger partial charge in [0.15, 0.2) is 0 Å². The molecule has 0 spiro atoms. The molecule has 1 aliphatic rings. The first kappa shape index (κ1) is 17.0. The summed E-state index contributed by atoms with van der Waals surface area (Å²) in [6, 6.07) is 13.3. The number of nitrogens with one attached hydrogen (secondary N) is 1. The van der Waals surface area contributed by atoms with Gasteiger partial charge in [-0.15, -0.1) is 0 Å². The van der Waals surface area contributed by atoms with Gasteiger partial charge in [-0.1, -0.05) is 12.1 Å². The number of benzene rings is 2. The highest BCUT2D eigenvalue weighted by atomic mass is 19.1. The van der Waals surface area contributed by atoms with Gasteiger partial charge in [-0.3, -0.25) is 9.59 Å². The number of hydrogen-bond donors (Lipinski definition) is 1. The number of nitrogens with zero attached hydrogens (tertiary/aromatic N) is 1. The minimum Gasteiger partial charge on any atom is -0.489 e. The van der Waals surface area contributed by atoms with Crippen LogP contribution in [0.15, 0.2) is 48.5 Å². The maximum atomic E-state index is 13.1. The Morgan fingerprint density at radius 3 is 2.72 bits per heavy atom. The molecule has 1 unspecified atom stereocenters. The van der Waals surface area contributed by atoms with Crippen molar-refractivity contribution >= 4 is 17.5 Å². The van der Waals surface area contributed by atoms with Gasteiger partial charge in [0.05, 0.1) is 0 Å². The van der Waals surface area contributed by atoms with Gasteiger partial charge in [0.25, 0.3) is 0 Å². The molecule has 130 valence electrons. The number of carbonyl (C=O) groups is 2. The largest absolute Gasteiger partial charge is 0.489 e. The van der Waals surface area contributed by atoms with Crippen molar-refractivity contribution in [2.24, 2.45) is 5.92 Å². The Balaban J connectivity index is 1.63. The quantitative estimate of drug-likeness (QED) is 0.850. The van der Waals surface area contributed by atoms with E-state index in [0.29, 0.717) is 18.7 Å². The Bertz CT molecular complexity index is 776. The first-order chi connectivity index (χ1) is 12.1. The third-order valence-corrected chi connectivity index (χ3v) is 4.21. The van der Waals surface area contributed by atoms with Crippen LogP contribution in [0.2, 0.25) is 0 Å². The van der Waals surface area contributed by atoms with Crippen LogP contribution in [-0.2, 0) is 16.2 Å². The van der Waals surface area contributed by atoms with Crippen molar-refractivity contribution < 1.29 is 18.7 Å². The van der Waals surface area contributed by atoms with Crippen molar-refractivity contribution in [1.29, 1.82) is 0 Å². The third-order valence-electron chi connectivity index (χ3n) is 4.21. The van der Waals surface area contributed by atoms with E-state index < -0.39 is 5.92 Å². The normalized spacial score (nSPS) is 16.8. The van der Waals surface area contributed by atoms with E-state index >= 15 is 0 Å². The zero-order chi connectivity index (χ0) is 17.8. The molecule has 1 atom stereocenters. The van der Waals surface area contributed by atoms with Gasteiger partial charge in [-0.05, 0) is 48.4 Å². The number of anilines is 1. The summed E-state index contributed by atoms with van der Waals surface area (Å²) < 4.78 is 18.8. The molecule has 1 heterocycles. The highest BCUT2D eigenvalue weighted by Gasteiger charge is 2.36. The van der Waals surface area contributed by atoms with Gasteiger partial charge < -0.3 is 15.0 Å². The van der Waals surface area contributed by atoms with E-state index in [2.05, 4.69) is 5.32 Å². The van der Waals surface area contributed by atoms with E-state index in [9.17, 15) is 14.0 Å². The Hall–Kier alpha value is -2.89. The summed E-state index contributed by atoms with van der Waals surface area (Å²) in [5.74, 6) is -0.721. The van der Waals surface area contributed by atoms with Crippen LogP contribution in [-0.4, -0.2) is 25.4 Å². The van der Waals surface area contributed by atoms with Crippen LogP contribution >= 0.6 is 0 Å². The second-order valence-corrected chi connectivity index (χ2v) is 5.86. The van der Waals surface area contributed by atoms with Crippen LogP contribution < -0.4 is 15.0 Å². The fraction of sp³-hybridized carbons (Fsp3) is 0.263. The molecular weight excluding hydrogens is 323 g/mol. The first-order valence-electron chi connectivity index (χ1n) is 8.09. The Kier molecular flexibility index (Phi) is 4.97. The number of halogens is 1. The predicted octanol–water partition coefficient (Wildman–Crippen LogP) is 2.50. The summed E-state index contributed by atoms with van der Waals surface area (Å²) >= 11 is 0. The average molecular weight is 342 g/mol. The van der Waals surface area contributed by atoms with Gasteiger partial charge in [-0.2, -0.15) is 0 Å². The van der Waals surface area contributed by atoms with Crippen molar-refractivity contribution in [2.75, 3.05) is 18.5 Å². The van der Waals surface area contributed by atoms with E-state index in [1.807, 2.05) is 0 Å². The predicted molar refractivity (Wildman–Crippen MR) is 91.7 cm³/mol. The lowest BCUT2D eigenvalue weighted by atomic mass is 10.1. The van der Waals surface area contributed by atoms with Crippen molar-refractivity contribution in [3.05, 3.63) is 59.9 Å². The summed E-state index contributed by atoms with van der Waals surface area (Å²) in [5.41, 5.74) is 1.47. The van der Waals surface area contributed by atoms with E-state index in [0.717, 1.165) is 11.3 Å². The smallest absolute Gasteiger partial charge is 0.239 e. The van der Waals surface area contributed by atoms with Gasteiger partial charge in [0, 0.05) is 19.3 Å². The van der Waals surface area contributed by atoms with Crippen LogP contribution in [0.4, 0.5) is 10.1 Å². The van der Waals surface area contributed by atoms with Crippen molar-refractivity contribution in [2.45, 2.75) is 13.0 Å². The summed E-state index contributed by atoms with van der Waals surface area (Å²) in [6.45, 7) is 0.777. The molecule has 5 nitrogen and oxygen atoms in total. The van der Waals surface area contributed by atoms with E-state index in [-0.39, 0.29) is 24.2 Å². The van der Waals surface area contributed by atoms with Crippen LogP contribution in [0.3, 0.4) is 0 Å². The molecule has 0 bridgehead atoms. The van der Waals surface area contributed by atoms with Gasteiger partial charge in [-0.25, -0.2) is 4.39 Å². The van der Waals surface area contributed by atoms with Gasteiger partial charge >= 0.3 is 0 Å². The number of rotatable bonds is 5. The maximum Gasteiger partial charge on any atom is 0.239 e. The van der Waals surface area contributed by atoms with Gasteiger partial charge in [0.1, 0.15) is 24.1 Å². The van der Waals surface area contributed by atoms with Gasteiger partial charge in [0.2, 0.25) is 11.8 Å². The van der Waals surface area contributed by atoms with Crippen molar-refractivity contribution in [3.8, 4) is 5.75 Å². The molecular formula is C19H19FN2O3. The highest BCUT2D eigenvalue weighted by Crippen LogP contribution is 2.27. The second-order valence-electron chi connectivity index (χ2n) is 5.86. The fourth-order valence-corrected chi connectivity index (χ4v) is 2.87. The van der Waals surface area contributed by atoms with Crippen LogP contribution in [0, 0.1) is 11.7 Å². The molecule has 3 rings (SSSR count). The molecule has 1 fully saturated rings. The molecule has 25 heavy (non-hydrogen) atoms. The fourth-order valence-electron chi connectivity index (χ4n) is 2.87. The Morgan fingerprint density at radius 1 is 1.28 bits per heavy atom. The van der Waals surface area contributed by atoms with Crippen molar-refractivity contribution in [3.63, 3.8) is 0 Å². The minimum atomic E-state index is -0.617. The summed E-state index contributed by atoms with van der Waals surface area (Å²) in [4.78, 5) is 25.6. The number of amides is 2. The molecule has 0 aliphatic carbocycles. The lowest BCUT2D eigenvalue weighted by molar-refractivity contribution is -0.131. The lowest BCUT2D eigenvalue weighted by Gasteiger charge is -2.17. The number of ether oxygens (including phenoxy) is 1. The summed E-state index contributed by atoms with van der Waals surface area (Å²) in [6.07, 6.45) is 0.510. The molecule has 2 aromatic rings. The zero-order valence-electron chi connectivity index (χ0n) is 13.9. The highest BCUT2D eigenvalue weighted by molar-refractivity contribution is 6.09. The Labute approximate surface area is 145 Å². The summed E-state index contributed by atoms with van der Waals surface area (Å²) in [5, 5.41) is 2.52. The molecule has 1 N–H and O–H groups in total. The standard InChI is InChI=1S/C19H19FN2O3/c1-21-18(23)17-9-10-22(19(17)24)15-5-7-16(8-6-15)25-12-13-3-2-4-14(20)11-13/h2-8,11,17H,9-10,12H2,1H3,(H,21,23). The molecule has 0 aromatic heterocycles. The zero-order valence-corrected chi connectivity index (χ0v) is 13.9. The molecule has 6 heteroatoms. The van der Waals surface area contributed by atoms with Crippen LogP contribution in [0.25, 0.3) is 0 Å². The molecule has 0 radical (unpaired) electrons. The maximum absolute atomic E-state index is 13.1. The molecule has 2 amide bonds. The van der Waals surface area contributed by atoms with Crippen LogP contribution in [0.1, 0.15) is 12.0 Å². The number of hydrogen-bond acceptors (Lipinski definition) is 3. The monoisotopic (exact) mass is 342 g/mol. The average Bonchev–Trinajstić information content (AvgIpc) is 3.01. The SMILES string of the molecule is CNC(=O)C1CCN(c2ccc(OCc3cccc(F)c3)cc2)C1=O. The first-order valence-corrected chi connectivity index (χ1v) is 8.09. The molecule has 1 saturated heterocycles. The topological polar surface area (TPSA) is 58.6 Å². The second kappa shape index (κ2) is 7.34. The van der Waals surface area contributed by atoms with Crippen LogP contribution in [0.5, 0.6) is 5.75 Å². The molecule has 2 aromatic carbocycles. The Morgan fingerprint density at radius 2 is 2.04 bits per heavy atom. The molecule has 1 aliphatic heterocycles. The lowest BCUT2D eigenvalue weighted by Crippen LogP contribution is -2.35. The minimum absolute atomic E-state index is 0.187. The molecule has 0 saturated carbocycles. The van der Waals surface area contributed by atoms with Crippen molar-refractivity contribution in [1.82, 2.24) is 5.32 Å². The van der Waals surface area contributed by atoms with E-state index in [1.165, 1.54) is 19.2 Å². The number of carbonyl (C=O) groups excluding carboxylic acids is 2. The third kappa shape index (κ3) is 3.79. The van der Waals surface area contributed by atoms with E-state index in [1.54, 1.807) is 41.3 Å². The van der Waals surface area contributed by atoms with E-state index in [4.69, 9.17) is 4.74 Å². The summed E-state index contributed by atoms with van der Waals surface area (Å²) in [7, 11) is 1.53.